The van der Waals surface area contributed by atoms with Crippen LogP contribution in [0.15, 0.2) is 12.2 Å². The molecule has 5 nitrogen and oxygen atoms in total. The van der Waals surface area contributed by atoms with Crippen LogP contribution in [0.1, 0.15) is 18.6 Å². The number of nitrogens with zero attached hydrogens (tertiary/aromatic N) is 4. The second kappa shape index (κ2) is 5.92. The van der Waals surface area contributed by atoms with Crippen molar-refractivity contribution in [1.82, 2.24) is 25.0 Å². The number of halogens is 3. The smallest absolute Gasteiger partial charge is 0.313 e. The number of rotatable bonds is 5. The molecule has 0 saturated heterocycles. The molecule has 0 bridgehead atoms. The summed E-state index contributed by atoms with van der Waals surface area (Å²) in [6.07, 6.45) is -4.44. The second-order valence-electron chi connectivity index (χ2n) is 4.83. The van der Waals surface area contributed by atoms with Crippen molar-refractivity contribution >= 4 is 0 Å². The maximum absolute atomic E-state index is 12.7. The zero-order valence-corrected chi connectivity index (χ0v) is 11.4. The van der Waals surface area contributed by atoms with Crippen LogP contribution >= 0.6 is 0 Å². The third kappa shape index (κ3) is 3.37. The van der Waals surface area contributed by atoms with Gasteiger partial charge in [0.25, 0.3) is 0 Å². The van der Waals surface area contributed by atoms with E-state index in [1.54, 1.807) is 0 Å². The highest BCUT2D eigenvalue weighted by molar-refractivity contribution is 5.05. The topological polar surface area (TPSA) is 46.0 Å². The van der Waals surface area contributed by atoms with Crippen LogP contribution in [0.3, 0.4) is 0 Å². The lowest BCUT2D eigenvalue weighted by atomic mass is 10.2. The van der Waals surface area contributed by atoms with E-state index in [2.05, 4.69) is 22.1 Å². The maximum atomic E-state index is 12.7. The van der Waals surface area contributed by atoms with Gasteiger partial charge in [-0.1, -0.05) is 13.5 Å². The molecule has 112 valence electrons. The third-order valence-corrected chi connectivity index (χ3v) is 3.16. The molecular weight excluding hydrogens is 271 g/mol. The summed E-state index contributed by atoms with van der Waals surface area (Å²) in [5, 5.41) is 10.1. The van der Waals surface area contributed by atoms with Crippen molar-refractivity contribution in [3.8, 4) is 0 Å². The molecule has 0 aliphatic carbocycles. The predicted molar refractivity (Wildman–Crippen MR) is 68.0 cm³/mol. The van der Waals surface area contributed by atoms with E-state index in [1.165, 1.54) is 0 Å². The molecule has 0 amide bonds. The molecule has 8 heteroatoms. The van der Waals surface area contributed by atoms with Crippen molar-refractivity contribution in [2.24, 2.45) is 0 Å². The summed E-state index contributed by atoms with van der Waals surface area (Å²) in [6.45, 7) is 9.37. The number of nitrogens with one attached hydrogen (secondary N) is 1. The van der Waals surface area contributed by atoms with Gasteiger partial charge in [0.05, 0.1) is 6.54 Å². The molecule has 2 rings (SSSR count). The zero-order chi connectivity index (χ0) is 14.8. The van der Waals surface area contributed by atoms with E-state index in [4.69, 9.17) is 0 Å². The summed E-state index contributed by atoms with van der Waals surface area (Å²) >= 11 is 0. The van der Waals surface area contributed by atoms with Crippen molar-refractivity contribution < 1.29 is 13.2 Å². The van der Waals surface area contributed by atoms with Gasteiger partial charge in [0.2, 0.25) is 5.82 Å². The Hall–Kier alpha value is -1.41. The van der Waals surface area contributed by atoms with Gasteiger partial charge in [-0.2, -0.15) is 13.2 Å². The van der Waals surface area contributed by atoms with Crippen LogP contribution in [0.2, 0.25) is 0 Å². The quantitative estimate of drug-likeness (QED) is 0.830. The minimum atomic E-state index is -4.44. The Morgan fingerprint density at radius 1 is 1.35 bits per heavy atom. The first-order valence-electron chi connectivity index (χ1n) is 6.50. The molecule has 20 heavy (non-hydrogen) atoms. The number of likely N-dealkylation sites (N-methyl/N-ethyl adjacent to an activating group) is 1. The van der Waals surface area contributed by atoms with Gasteiger partial charge in [-0.15, -0.1) is 10.2 Å². The Kier molecular flexibility index (Phi) is 4.44. The van der Waals surface area contributed by atoms with Crippen LogP contribution < -0.4 is 5.32 Å². The van der Waals surface area contributed by atoms with Crippen LogP contribution in [0, 0.1) is 0 Å². The third-order valence-electron chi connectivity index (χ3n) is 3.16. The summed E-state index contributed by atoms with van der Waals surface area (Å²) in [5.41, 5.74) is 1.01. The van der Waals surface area contributed by atoms with E-state index in [9.17, 15) is 13.2 Å². The average molecular weight is 289 g/mol. The molecular formula is C12H18F3N5. The van der Waals surface area contributed by atoms with Gasteiger partial charge in [-0.05, 0) is 12.1 Å². The average Bonchev–Trinajstić information content (AvgIpc) is 2.79. The fourth-order valence-corrected chi connectivity index (χ4v) is 2.23. The molecule has 1 aliphatic heterocycles. The van der Waals surface area contributed by atoms with Crippen molar-refractivity contribution in [1.29, 1.82) is 0 Å². The summed E-state index contributed by atoms with van der Waals surface area (Å²) in [7, 11) is 0. The van der Waals surface area contributed by atoms with E-state index < -0.39 is 12.0 Å². The van der Waals surface area contributed by atoms with Crippen LogP contribution in [-0.2, 0) is 19.3 Å². The Labute approximate surface area is 115 Å². The fourth-order valence-electron chi connectivity index (χ4n) is 2.23. The lowest BCUT2D eigenvalue weighted by Gasteiger charge is -2.28. The van der Waals surface area contributed by atoms with Crippen LogP contribution in [0.4, 0.5) is 13.2 Å². The molecule has 2 heterocycles. The molecule has 0 aromatic carbocycles. The largest absolute Gasteiger partial charge is 0.451 e. The molecule has 0 fully saturated rings. The van der Waals surface area contributed by atoms with E-state index in [-0.39, 0.29) is 6.54 Å². The molecule has 1 aliphatic rings. The van der Waals surface area contributed by atoms with Crippen molar-refractivity contribution in [2.75, 3.05) is 26.2 Å². The van der Waals surface area contributed by atoms with E-state index in [0.29, 0.717) is 32.0 Å². The summed E-state index contributed by atoms with van der Waals surface area (Å²) in [6, 6.07) is 0. The highest BCUT2D eigenvalue weighted by Crippen LogP contribution is 2.29. The first kappa shape index (κ1) is 15.0. The number of aromatic nitrogens is 3. The number of alkyl halides is 3. The number of hydrogen-bond donors (Lipinski definition) is 1. The summed E-state index contributed by atoms with van der Waals surface area (Å²) < 4.78 is 39.2. The summed E-state index contributed by atoms with van der Waals surface area (Å²) in [5.74, 6) is -0.543. The van der Waals surface area contributed by atoms with Crippen LogP contribution in [-0.4, -0.2) is 45.8 Å². The molecule has 0 atom stereocenters. The first-order valence-corrected chi connectivity index (χ1v) is 6.50. The highest BCUT2D eigenvalue weighted by atomic mass is 19.4. The van der Waals surface area contributed by atoms with Gasteiger partial charge < -0.3 is 9.88 Å². The lowest BCUT2D eigenvalue weighted by molar-refractivity contribution is -0.148. The minimum Gasteiger partial charge on any atom is -0.313 e. The second-order valence-corrected chi connectivity index (χ2v) is 4.83. The summed E-state index contributed by atoms with van der Waals surface area (Å²) in [4.78, 5) is 2.03. The van der Waals surface area contributed by atoms with Crippen LogP contribution in [0.5, 0.6) is 0 Å². The van der Waals surface area contributed by atoms with Gasteiger partial charge in [-0.25, -0.2) is 0 Å². The Bertz CT molecular complexity index is 480. The molecule has 1 aromatic rings. The van der Waals surface area contributed by atoms with Crippen LogP contribution in [0.25, 0.3) is 0 Å². The minimum absolute atomic E-state index is 0.256. The number of hydrogen-bond acceptors (Lipinski definition) is 4. The molecule has 1 N–H and O–H groups in total. The van der Waals surface area contributed by atoms with E-state index in [0.717, 1.165) is 16.7 Å². The Morgan fingerprint density at radius 2 is 2.10 bits per heavy atom. The standard InChI is InChI=1S/C12H18F3N5/c1-3-16-6-9(2)7-19-4-5-20-10(8-19)17-18-11(20)12(13,14)15/h16H,2-8H2,1H3. The van der Waals surface area contributed by atoms with Crippen molar-refractivity contribution in [3.63, 3.8) is 0 Å². The highest BCUT2D eigenvalue weighted by Gasteiger charge is 2.39. The van der Waals surface area contributed by atoms with E-state index in [1.807, 2.05) is 11.8 Å². The predicted octanol–water partition coefficient (Wildman–Crippen LogP) is 1.28. The van der Waals surface area contributed by atoms with Gasteiger partial charge in [0, 0.05) is 26.2 Å². The van der Waals surface area contributed by atoms with Crippen molar-refractivity contribution in [2.45, 2.75) is 26.2 Å². The van der Waals surface area contributed by atoms with E-state index >= 15 is 0 Å². The molecule has 0 spiro atoms. The van der Waals surface area contributed by atoms with Gasteiger partial charge >= 0.3 is 6.18 Å². The first-order chi connectivity index (χ1) is 9.41. The zero-order valence-electron chi connectivity index (χ0n) is 11.4. The SMILES string of the molecule is C=C(CNCC)CN1CCn2c(nnc2C(F)(F)F)C1. The molecule has 0 unspecified atom stereocenters. The molecule has 1 aromatic heterocycles. The Morgan fingerprint density at radius 3 is 2.75 bits per heavy atom. The van der Waals surface area contributed by atoms with Crippen molar-refractivity contribution in [3.05, 3.63) is 23.8 Å². The lowest BCUT2D eigenvalue weighted by Crippen LogP contribution is -2.37. The maximum Gasteiger partial charge on any atom is 0.451 e. The normalized spacial score (nSPS) is 16.2. The monoisotopic (exact) mass is 289 g/mol. The van der Waals surface area contributed by atoms with Gasteiger partial charge in [-0.3, -0.25) is 4.90 Å². The van der Waals surface area contributed by atoms with Gasteiger partial charge in [0.1, 0.15) is 5.82 Å². The van der Waals surface area contributed by atoms with Gasteiger partial charge in [0.15, 0.2) is 0 Å². The number of fused-ring (bicyclic) bond motifs is 1. The molecule has 0 saturated carbocycles. The Balaban J connectivity index is 1.98. The fraction of sp³-hybridized carbons (Fsp3) is 0.667. The molecule has 0 radical (unpaired) electrons.